The number of aliphatic hydroxyl groups is 1. The molecule has 1 amide bonds. The zero-order chi connectivity index (χ0) is 49.1. The summed E-state index contributed by atoms with van der Waals surface area (Å²) in [7, 11) is 2.03. The smallest absolute Gasteiger partial charge is 0.338 e. The molecule has 68 heavy (non-hydrogen) atoms. The first-order valence-electron chi connectivity index (χ1n) is 21.5. The van der Waals surface area contributed by atoms with E-state index in [-0.39, 0.29) is 62.4 Å². The number of carbonyl (C=O) groups is 6. The fourth-order valence-corrected chi connectivity index (χ4v) is 10.8. The number of ether oxygens (including phenoxy) is 6. The molecule has 3 aromatic rings. The Morgan fingerprint density at radius 2 is 1.46 bits per heavy atom. The van der Waals surface area contributed by atoms with E-state index in [0.717, 1.165) is 13.8 Å². The van der Waals surface area contributed by atoms with Crippen LogP contribution in [0, 0.1) is 23.3 Å². The minimum absolute atomic E-state index is 0. The molecule has 0 aromatic heterocycles. The summed E-state index contributed by atoms with van der Waals surface area (Å²) < 4.78 is 42.0. The number of nitrogens with one attached hydrogen (secondary N) is 1. The van der Waals surface area contributed by atoms with Crippen molar-refractivity contribution in [3.05, 3.63) is 132 Å². The quantitative estimate of drug-likeness (QED) is 0.0736. The molecule has 0 spiro atoms. The average Bonchev–Trinajstić information content (AvgIpc) is 3.30. The van der Waals surface area contributed by atoms with Gasteiger partial charge in [-0.2, -0.15) is 0 Å². The van der Waals surface area contributed by atoms with Crippen molar-refractivity contribution in [3.63, 3.8) is 0 Å². The molecule has 1 saturated heterocycles. The Morgan fingerprint density at radius 1 is 0.882 bits per heavy atom. The molecule has 3 aromatic carbocycles. The number of Topliss-reactive ketones (excluding diaryl/α,β-unsaturated/α-hetero) is 1. The summed E-state index contributed by atoms with van der Waals surface area (Å²) in [4.78, 5) is 96.9. The predicted octanol–water partition coefficient (Wildman–Crippen LogP) is 5.24. The van der Waals surface area contributed by atoms with Crippen molar-refractivity contribution in [2.75, 3.05) is 6.61 Å². The van der Waals surface area contributed by atoms with Gasteiger partial charge in [-0.15, -0.1) is 0 Å². The maximum absolute atomic E-state index is 15.8. The third-order valence-electron chi connectivity index (χ3n) is 13.8. The molecule has 16 nitrogen and oxygen atoms in total. The van der Waals surface area contributed by atoms with Crippen LogP contribution in [0.2, 0.25) is 0 Å². The van der Waals surface area contributed by atoms with Crippen LogP contribution < -0.4 is 5.32 Å². The molecule has 2 bridgehead atoms. The van der Waals surface area contributed by atoms with Crippen molar-refractivity contribution in [1.82, 2.24) is 5.32 Å². The number of carbonyl (C=O) groups excluding carboxylic acids is 7. The van der Waals surface area contributed by atoms with Crippen molar-refractivity contribution in [2.24, 2.45) is 16.7 Å². The molecule has 1 radical (unpaired) electrons. The van der Waals surface area contributed by atoms with Crippen LogP contribution >= 0.6 is 9.47 Å². The summed E-state index contributed by atoms with van der Waals surface area (Å²) in [5, 5.41) is 16.7. The Kier molecular flexibility index (Phi) is 17.3. The molecule has 3 fully saturated rings. The van der Waals surface area contributed by atoms with Crippen molar-refractivity contribution in [2.45, 2.75) is 108 Å². The van der Waals surface area contributed by atoms with Crippen molar-refractivity contribution in [3.8, 4) is 0 Å². The second kappa shape index (κ2) is 21.8. The summed E-state index contributed by atoms with van der Waals surface area (Å²) in [5.41, 5.74) is -6.90. The average molecular weight is 1030 g/mol. The van der Waals surface area contributed by atoms with E-state index in [1.165, 1.54) is 25.5 Å². The number of ketones is 1. The largest absolute Gasteiger partial charge is 0.650 e. The first-order chi connectivity index (χ1) is 31.8. The first-order valence-corrected chi connectivity index (χ1v) is 22.0. The van der Waals surface area contributed by atoms with Crippen LogP contribution in [0.25, 0.3) is 0 Å². The summed E-state index contributed by atoms with van der Waals surface area (Å²) in [6.07, 6.45) is -9.87. The van der Waals surface area contributed by atoms with E-state index >= 15 is 4.79 Å². The molecule has 1 aliphatic heterocycles. The Morgan fingerprint density at radius 3 is 1.97 bits per heavy atom. The molecule has 1 unspecified atom stereocenters. The number of hydrogen-bond acceptors (Lipinski definition) is 15. The summed E-state index contributed by atoms with van der Waals surface area (Å²) in [5.74, 6) is -6.61. The van der Waals surface area contributed by atoms with Crippen LogP contribution in [0.4, 0.5) is 0 Å². The van der Waals surface area contributed by atoms with Crippen molar-refractivity contribution in [1.29, 1.82) is 0 Å². The van der Waals surface area contributed by atoms with E-state index in [0.29, 0.717) is 11.1 Å². The van der Waals surface area contributed by atoms with Crippen LogP contribution in [0.5, 0.6) is 0 Å². The predicted molar refractivity (Wildman–Crippen MR) is 241 cm³/mol. The van der Waals surface area contributed by atoms with Gasteiger partial charge in [0, 0.05) is 79.8 Å². The second-order valence-corrected chi connectivity index (χ2v) is 17.9. The molecule has 2 N–H and O–H groups in total. The van der Waals surface area contributed by atoms with Crippen LogP contribution in [-0.2, 0) is 89.6 Å². The SMILES string of the molecule is CC(=O)O[C@H]1C(=O)[C@]2(C)[C@@H](O[C-]=O)C[C@H]3OC[C@@]3(OC(C)=O)[C@H]2[C@H](OC(=O)c2ccccc2)[C@]2(O)C[C@H](OC(=O)[C@H](OP)[C@@H](NC(=O)c3ccccc3)c3ccccc3)C(C)=C1C2(C)C.[CH-]=C.[Y]. The van der Waals surface area contributed by atoms with Gasteiger partial charge < -0.3 is 54.7 Å². The Labute approximate surface area is 422 Å². The van der Waals surface area contributed by atoms with Crippen LogP contribution in [0.3, 0.4) is 0 Å². The van der Waals surface area contributed by atoms with Gasteiger partial charge >= 0.3 is 23.9 Å². The zero-order valence-corrected chi connectivity index (χ0v) is 42.5. The van der Waals surface area contributed by atoms with Gasteiger partial charge in [0.15, 0.2) is 23.6 Å². The number of fused-ring (bicyclic) bond motifs is 5. The summed E-state index contributed by atoms with van der Waals surface area (Å²) in [6.45, 7) is 16.4. The molecule has 18 heteroatoms. The maximum atomic E-state index is 15.8. The fourth-order valence-electron chi connectivity index (χ4n) is 10.5. The molecule has 4 aliphatic rings. The van der Waals surface area contributed by atoms with Gasteiger partial charge in [-0.1, -0.05) is 87.0 Å². The van der Waals surface area contributed by atoms with Gasteiger partial charge in [0.2, 0.25) is 0 Å². The Balaban J connectivity index is 0.00000284. The molecule has 7 rings (SSSR count). The molecule has 3 aliphatic carbocycles. The van der Waals surface area contributed by atoms with Crippen molar-refractivity contribution < 1.29 is 104 Å². The van der Waals surface area contributed by atoms with E-state index in [9.17, 15) is 33.9 Å². The first kappa shape index (κ1) is 54.0. The number of rotatable bonds is 13. The van der Waals surface area contributed by atoms with E-state index in [1.807, 2.05) is 9.47 Å². The number of esters is 4. The number of amides is 1. The summed E-state index contributed by atoms with van der Waals surface area (Å²) in [6, 6.07) is 23.6. The zero-order valence-electron chi connectivity index (χ0n) is 38.5. The van der Waals surface area contributed by atoms with E-state index < -0.39 is 113 Å². The van der Waals surface area contributed by atoms with Gasteiger partial charge in [0.05, 0.1) is 35.6 Å². The van der Waals surface area contributed by atoms with Crippen LogP contribution in [0.1, 0.15) is 86.7 Å². The normalized spacial score (nSPS) is 29.5. The van der Waals surface area contributed by atoms with Crippen molar-refractivity contribution >= 4 is 51.5 Å². The minimum atomic E-state index is -2.40. The molecule has 12 atom stereocenters. The van der Waals surface area contributed by atoms with Crippen LogP contribution in [0.15, 0.2) is 109 Å². The summed E-state index contributed by atoms with van der Waals surface area (Å²) >= 11 is 0. The number of hydrogen-bond donors (Lipinski definition) is 2. The maximum Gasteiger partial charge on any atom is 0.338 e. The molecular weight excluding hydrogens is 974 g/mol. The molecule has 359 valence electrons. The Hall–Kier alpha value is -4.96. The number of benzene rings is 3. The fraction of sp³-hybridized carbons (Fsp3) is 0.420. The topological polar surface area (TPSA) is 216 Å². The molecule has 2 saturated carbocycles. The standard InChI is InChI=1S/C48H51NO15P.C2H3.Y/c1-26-32(61-44(56)38(64-65)36(29-16-10-7-11-17-29)49-42(54)30-18-12-8-13-19-30)23-48(57)41(62-43(55)31-20-14-9-15-21-31)39-46(6,40(53)37(60-27(2)51)35(26)45(48,4)5)33(59-25-50)22-34-47(39,24-58-34)63-28(3)52;1-2;/h7-21,32-34,36-39,41,57H,22-24,65H2,1-6H3,(H,49,54);1H,2H2;/q2*-1;/t32-,33-,34+,36-,37+,38+,39-,41-,46+,47-,48+;;/m0../s1. The van der Waals surface area contributed by atoms with E-state index in [2.05, 4.69) is 18.5 Å². The third-order valence-corrected chi connectivity index (χ3v) is 14.1. The van der Waals surface area contributed by atoms with Gasteiger partial charge in [0.25, 0.3) is 5.91 Å². The van der Waals surface area contributed by atoms with Gasteiger partial charge in [-0.25, -0.2) is 9.59 Å². The monoisotopic (exact) mass is 1030 g/mol. The van der Waals surface area contributed by atoms with Gasteiger partial charge in [-0.05, 0) is 54.8 Å². The van der Waals surface area contributed by atoms with E-state index in [4.69, 9.17) is 32.9 Å². The van der Waals surface area contributed by atoms with Crippen LogP contribution in [-0.4, -0.2) is 102 Å². The second-order valence-electron chi connectivity index (χ2n) is 17.6. The minimum Gasteiger partial charge on any atom is -0.650 e. The van der Waals surface area contributed by atoms with Gasteiger partial charge in [-0.3, -0.25) is 25.8 Å². The third kappa shape index (κ3) is 9.65. The Bertz CT molecular complexity index is 2400. The molecule has 1 heterocycles. The molecular formula is C50H54NO15PY-2. The van der Waals surface area contributed by atoms with E-state index in [1.54, 1.807) is 99.6 Å². The van der Waals surface area contributed by atoms with Gasteiger partial charge in [0.1, 0.15) is 23.9 Å².